The minimum Gasteiger partial charge on any atom is -0.303 e. The fourth-order valence-electron chi connectivity index (χ4n) is 0.952. The Balaban J connectivity index is 3.17. The van der Waals surface area contributed by atoms with Crippen LogP contribution in [-0.2, 0) is 4.79 Å². The van der Waals surface area contributed by atoms with Crippen LogP contribution in [0.15, 0.2) is 0 Å². The molecule has 0 aromatic rings. The van der Waals surface area contributed by atoms with E-state index in [-0.39, 0.29) is 0 Å². The SMILES string of the molecule is [CH2]CCCCC(C=O)CC. The Morgan fingerprint density at radius 2 is 2.20 bits per heavy atom. The van der Waals surface area contributed by atoms with Gasteiger partial charge >= 0.3 is 0 Å². The van der Waals surface area contributed by atoms with Crippen LogP contribution in [-0.4, -0.2) is 6.29 Å². The van der Waals surface area contributed by atoms with Crippen molar-refractivity contribution in [3.8, 4) is 0 Å². The second kappa shape index (κ2) is 6.79. The molecule has 1 nitrogen and oxygen atoms in total. The average Bonchev–Trinajstić information content (AvgIpc) is 1.99. The molecule has 1 radical (unpaired) electrons. The molecule has 59 valence electrons. The molecule has 0 aromatic carbocycles. The van der Waals surface area contributed by atoms with Gasteiger partial charge in [0, 0.05) is 5.92 Å². The highest BCUT2D eigenvalue weighted by Crippen LogP contribution is 2.10. The first-order valence-electron chi connectivity index (χ1n) is 4.09. The van der Waals surface area contributed by atoms with Crippen LogP contribution in [0.2, 0.25) is 0 Å². The van der Waals surface area contributed by atoms with Gasteiger partial charge in [-0.1, -0.05) is 33.1 Å². The summed E-state index contributed by atoms with van der Waals surface area (Å²) >= 11 is 0. The van der Waals surface area contributed by atoms with Crippen LogP contribution in [0, 0.1) is 12.8 Å². The summed E-state index contributed by atoms with van der Waals surface area (Å²) in [5.41, 5.74) is 0. The molecule has 1 unspecified atom stereocenters. The summed E-state index contributed by atoms with van der Waals surface area (Å²) in [5, 5.41) is 0. The molecule has 0 bridgehead atoms. The molecule has 0 amide bonds. The second-order valence-electron chi connectivity index (χ2n) is 2.65. The first kappa shape index (κ1) is 9.67. The molecule has 0 fully saturated rings. The van der Waals surface area contributed by atoms with Gasteiger partial charge in [0.2, 0.25) is 0 Å². The van der Waals surface area contributed by atoms with E-state index in [1.165, 1.54) is 0 Å². The molecule has 0 saturated heterocycles. The molecule has 0 spiro atoms. The summed E-state index contributed by atoms with van der Waals surface area (Å²) in [6.45, 7) is 5.80. The van der Waals surface area contributed by atoms with Gasteiger partial charge in [-0.05, 0) is 12.8 Å². The Morgan fingerprint density at radius 3 is 2.60 bits per heavy atom. The molecule has 0 aromatic heterocycles. The Kier molecular flexibility index (Phi) is 6.56. The van der Waals surface area contributed by atoms with E-state index < -0.39 is 0 Å². The van der Waals surface area contributed by atoms with Gasteiger partial charge in [-0.15, -0.1) is 0 Å². The summed E-state index contributed by atoms with van der Waals surface area (Å²) in [5.74, 6) is 0.298. The predicted molar refractivity (Wildman–Crippen MR) is 43.7 cm³/mol. The van der Waals surface area contributed by atoms with E-state index in [0.29, 0.717) is 5.92 Å². The first-order valence-corrected chi connectivity index (χ1v) is 4.09. The minimum atomic E-state index is 0.298. The maximum atomic E-state index is 10.3. The van der Waals surface area contributed by atoms with Crippen LogP contribution in [0.25, 0.3) is 0 Å². The van der Waals surface area contributed by atoms with Crippen LogP contribution >= 0.6 is 0 Å². The number of carbonyl (C=O) groups excluding carboxylic acids is 1. The van der Waals surface area contributed by atoms with E-state index in [9.17, 15) is 4.79 Å². The van der Waals surface area contributed by atoms with Crippen LogP contribution in [0.1, 0.15) is 39.0 Å². The van der Waals surface area contributed by atoms with Gasteiger partial charge in [0.05, 0.1) is 0 Å². The van der Waals surface area contributed by atoms with Gasteiger partial charge in [0.15, 0.2) is 0 Å². The van der Waals surface area contributed by atoms with Crippen molar-refractivity contribution in [3.05, 3.63) is 6.92 Å². The molecule has 0 aliphatic carbocycles. The molecule has 0 aliphatic heterocycles. The quantitative estimate of drug-likeness (QED) is 0.410. The number of carbonyl (C=O) groups is 1. The van der Waals surface area contributed by atoms with Crippen molar-refractivity contribution in [2.75, 3.05) is 0 Å². The summed E-state index contributed by atoms with van der Waals surface area (Å²) < 4.78 is 0. The molecule has 0 aliphatic rings. The third-order valence-corrected chi connectivity index (χ3v) is 1.79. The molecule has 0 saturated carbocycles. The predicted octanol–water partition coefficient (Wildman–Crippen LogP) is 2.61. The topological polar surface area (TPSA) is 17.1 Å². The van der Waals surface area contributed by atoms with Gasteiger partial charge in [-0.25, -0.2) is 0 Å². The average molecular weight is 141 g/mol. The number of rotatable bonds is 6. The molecule has 0 heterocycles. The highest BCUT2D eigenvalue weighted by Gasteiger charge is 2.01. The summed E-state index contributed by atoms with van der Waals surface area (Å²) in [6.07, 6.45) is 6.42. The van der Waals surface area contributed by atoms with Gasteiger partial charge in [0.25, 0.3) is 0 Å². The van der Waals surface area contributed by atoms with Crippen molar-refractivity contribution < 1.29 is 4.79 Å². The summed E-state index contributed by atoms with van der Waals surface area (Å²) in [6, 6.07) is 0. The summed E-state index contributed by atoms with van der Waals surface area (Å²) in [4.78, 5) is 10.3. The Bertz CT molecular complexity index is 78.8. The van der Waals surface area contributed by atoms with Crippen molar-refractivity contribution in [2.24, 2.45) is 5.92 Å². The molecule has 1 heteroatoms. The van der Waals surface area contributed by atoms with Crippen LogP contribution in [0.3, 0.4) is 0 Å². The fourth-order valence-corrected chi connectivity index (χ4v) is 0.952. The Hall–Kier alpha value is -0.330. The third-order valence-electron chi connectivity index (χ3n) is 1.79. The monoisotopic (exact) mass is 141 g/mol. The highest BCUT2D eigenvalue weighted by atomic mass is 16.1. The van der Waals surface area contributed by atoms with Crippen LogP contribution in [0.4, 0.5) is 0 Å². The Labute approximate surface area is 63.8 Å². The van der Waals surface area contributed by atoms with Crippen molar-refractivity contribution >= 4 is 6.29 Å². The molecule has 10 heavy (non-hydrogen) atoms. The van der Waals surface area contributed by atoms with E-state index in [4.69, 9.17) is 0 Å². The highest BCUT2D eigenvalue weighted by molar-refractivity contribution is 5.53. The van der Waals surface area contributed by atoms with Crippen molar-refractivity contribution in [1.82, 2.24) is 0 Å². The van der Waals surface area contributed by atoms with Gasteiger partial charge in [-0.2, -0.15) is 0 Å². The standard InChI is InChI=1S/C9H17O/c1-3-5-6-7-9(4-2)8-10/h8-9H,1,3-7H2,2H3. The number of hydrogen-bond acceptors (Lipinski definition) is 1. The van der Waals surface area contributed by atoms with Crippen LogP contribution in [0.5, 0.6) is 0 Å². The molecule has 1 atom stereocenters. The third kappa shape index (κ3) is 4.54. The smallest absolute Gasteiger partial charge is 0.123 e. The normalized spacial score (nSPS) is 13.0. The van der Waals surface area contributed by atoms with Crippen molar-refractivity contribution in [2.45, 2.75) is 39.0 Å². The lowest BCUT2D eigenvalue weighted by Gasteiger charge is -2.04. The van der Waals surface area contributed by atoms with E-state index in [1.54, 1.807) is 0 Å². The van der Waals surface area contributed by atoms with E-state index >= 15 is 0 Å². The molecule has 0 rings (SSSR count). The molecular formula is C9H17O. The lowest BCUT2D eigenvalue weighted by molar-refractivity contribution is -0.111. The Morgan fingerprint density at radius 1 is 1.50 bits per heavy atom. The maximum Gasteiger partial charge on any atom is 0.123 e. The number of aldehydes is 1. The van der Waals surface area contributed by atoms with Gasteiger partial charge < -0.3 is 4.79 Å². The zero-order valence-electron chi connectivity index (χ0n) is 6.81. The van der Waals surface area contributed by atoms with Gasteiger partial charge in [0.1, 0.15) is 6.29 Å². The maximum absolute atomic E-state index is 10.3. The van der Waals surface area contributed by atoms with E-state index in [1.807, 2.05) is 0 Å². The van der Waals surface area contributed by atoms with Gasteiger partial charge in [-0.3, -0.25) is 0 Å². The minimum absolute atomic E-state index is 0.298. The van der Waals surface area contributed by atoms with Crippen LogP contribution < -0.4 is 0 Å². The molecular weight excluding hydrogens is 124 g/mol. The largest absolute Gasteiger partial charge is 0.303 e. The van der Waals surface area contributed by atoms with Crippen molar-refractivity contribution in [1.29, 1.82) is 0 Å². The second-order valence-corrected chi connectivity index (χ2v) is 2.65. The van der Waals surface area contributed by atoms with Crippen molar-refractivity contribution in [3.63, 3.8) is 0 Å². The molecule has 0 N–H and O–H groups in total. The number of unbranched alkanes of at least 4 members (excludes halogenated alkanes) is 2. The van der Waals surface area contributed by atoms with E-state index in [2.05, 4.69) is 13.8 Å². The lowest BCUT2D eigenvalue weighted by Crippen LogP contribution is -1.99. The fraction of sp³-hybridized carbons (Fsp3) is 0.778. The van der Waals surface area contributed by atoms with E-state index in [0.717, 1.165) is 38.4 Å². The lowest BCUT2D eigenvalue weighted by atomic mass is 10.0. The number of hydrogen-bond donors (Lipinski definition) is 0. The first-order chi connectivity index (χ1) is 4.85. The zero-order chi connectivity index (χ0) is 7.82. The summed E-state index contributed by atoms with van der Waals surface area (Å²) in [7, 11) is 0. The zero-order valence-corrected chi connectivity index (χ0v) is 6.81.